The summed E-state index contributed by atoms with van der Waals surface area (Å²) in [5.41, 5.74) is 2.92. The lowest BCUT2D eigenvalue weighted by Crippen LogP contribution is -2.30. The Hall–Kier alpha value is -1.95. The van der Waals surface area contributed by atoms with E-state index in [9.17, 15) is 4.79 Å². The van der Waals surface area contributed by atoms with Gasteiger partial charge in [0.2, 0.25) is 5.91 Å². The van der Waals surface area contributed by atoms with Gasteiger partial charge in [0.05, 0.1) is 6.54 Å². The summed E-state index contributed by atoms with van der Waals surface area (Å²) >= 11 is 5.31. The normalized spacial score (nSPS) is 27.1. The Morgan fingerprint density at radius 3 is 3.08 bits per heavy atom. The minimum absolute atomic E-state index is 0.0835. The summed E-state index contributed by atoms with van der Waals surface area (Å²) in [4.78, 5) is 12.8. The molecule has 130 valence electrons. The van der Waals surface area contributed by atoms with Gasteiger partial charge in [0, 0.05) is 17.4 Å². The molecule has 2 fully saturated rings. The van der Waals surface area contributed by atoms with E-state index in [2.05, 4.69) is 44.3 Å². The molecule has 5 nitrogen and oxygen atoms in total. The van der Waals surface area contributed by atoms with Crippen molar-refractivity contribution < 1.29 is 4.79 Å². The van der Waals surface area contributed by atoms with Crippen molar-refractivity contribution in [1.29, 1.82) is 0 Å². The number of rotatable bonds is 4. The Labute approximate surface area is 151 Å². The van der Waals surface area contributed by atoms with E-state index in [1.54, 1.807) is 0 Å². The van der Waals surface area contributed by atoms with Crippen LogP contribution in [0.2, 0.25) is 0 Å². The fraction of sp³-hybridized carbons (Fsp3) is 0.526. The molecule has 1 spiro atoms. The maximum atomic E-state index is 12.8. The highest BCUT2D eigenvalue weighted by Crippen LogP contribution is 2.60. The molecule has 5 rings (SSSR count). The summed E-state index contributed by atoms with van der Waals surface area (Å²) in [5.74, 6) is 1.11. The molecule has 6 heteroatoms. The first-order valence-electron chi connectivity index (χ1n) is 9.21. The van der Waals surface area contributed by atoms with Gasteiger partial charge in [-0.15, -0.1) is 0 Å². The lowest BCUT2D eigenvalue weighted by atomic mass is 9.78. The highest BCUT2D eigenvalue weighted by atomic mass is 32.1. The number of amides is 1. The number of aryl methyl sites for hydroxylation is 1. The number of carbonyl (C=O) groups excluding carboxylic acids is 1. The smallest absolute Gasteiger partial charge is 0.224 e. The van der Waals surface area contributed by atoms with Crippen molar-refractivity contribution in [3.05, 3.63) is 46.0 Å². The zero-order valence-corrected chi connectivity index (χ0v) is 14.9. The van der Waals surface area contributed by atoms with Crippen LogP contribution < -0.4 is 5.32 Å². The molecule has 0 bridgehead atoms. The molecule has 2 N–H and O–H groups in total. The number of nitrogens with zero attached hydrogens (tertiary/aromatic N) is 2. The van der Waals surface area contributed by atoms with Crippen LogP contribution in [0.3, 0.4) is 0 Å². The fourth-order valence-corrected chi connectivity index (χ4v) is 4.94. The van der Waals surface area contributed by atoms with Crippen LogP contribution in [0.15, 0.2) is 24.3 Å². The third-order valence-corrected chi connectivity index (χ3v) is 6.41. The van der Waals surface area contributed by atoms with Gasteiger partial charge in [-0.25, -0.2) is 0 Å². The number of hydrogen-bond acceptors (Lipinski definition) is 3. The van der Waals surface area contributed by atoms with Crippen LogP contribution in [0, 0.1) is 10.7 Å². The summed E-state index contributed by atoms with van der Waals surface area (Å²) in [7, 11) is 0. The maximum Gasteiger partial charge on any atom is 0.224 e. The first-order chi connectivity index (χ1) is 12.2. The molecule has 0 unspecified atom stereocenters. The summed E-state index contributed by atoms with van der Waals surface area (Å²) in [6.45, 7) is 0.455. The van der Waals surface area contributed by atoms with Crippen LogP contribution >= 0.6 is 12.2 Å². The van der Waals surface area contributed by atoms with Crippen molar-refractivity contribution >= 4 is 18.1 Å². The predicted octanol–water partition coefficient (Wildman–Crippen LogP) is 3.19. The van der Waals surface area contributed by atoms with E-state index >= 15 is 0 Å². The second kappa shape index (κ2) is 5.53. The van der Waals surface area contributed by atoms with Crippen molar-refractivity contribution in [2.24, 2.45) is 5.92 Å². The Kier molecular flexibility index (Phi) is 3.39. The number of nitrogens with one attached hydrogen (secondary N) is 2. The van der Waals surface area contributed by atoms with Gasteiger partial charge in [-0.1, -0.05) is 24.3 Å². The van der Waals surface area contributed by atoms with Gasteiger partial charge in [0.1, 0.15) is 0 Å². The maximum absolute atomic E-state index is 12.8. The van der Waals surface area contributed by atoms with Gasteiger partial charge < -0.3 is 5.32 Å². The topological polar surface area (TPSA) is 62.7 Å². The third-order valence-electron chi connectivity index (χ3n) is 6.12. The number of H-pyrrole nitrogens is 1. The number of fused-ring (bicyclic) bond motifs is 2. The van der Waals surface area contributed by atoms with Gasteiger partial charge in [0.25, 0.3) is 0 Å². The molecule has 2 aromatic rings. The van der Waals surface area contributed by atoms with Crippen LogP contribution in [0.4, 0.5) is 0 Å². The standard InChI is InChI=1S/C19H22N4OS/c24-17(20-11-16-21-22-18(25)23(16)13-7-8-13)15-10-19(15)9-3-5-12-4-1-2-6-14(12)19/h1-2,4,6,13,15H,3,5,7-11H2,(H,20,24)(H,22,25)/t15-,19+/m1/s1. The van der Waals surface area contributed by atoms with E-state index in [0.717, 1.165) is 37.9 Å². The van der Waals surface area contributed by atoms with Gasteiger partial charge in [-0.3, -0.25) is 14.5 Å². The van der Waals surface area contributed by atoms with Crippen LogP contribution in [0.1, 0.15) is 55.1 Å². The Morgan fingerprint density at radius 2 is 2.24 bits per heavy atom. The molecular weight excluding hydrogens is 332 g/mol. The Balaban J connectivity index is 1.30. The van der Waals surface area contributed by atoms with Gasteiger partial charge >= 0.3 is 0 Å². The third kappa shape index (κ3) is 2.46. The zero-order chi connectivity index (χ0) is 17.0. The van der Waals surface area contributed by atoms with E-state index in [-0.39, 0.29) is 17.2 Å². The Morgan fingerprint density at radius 1 is 1.40 bits per heavy atom. The van der Waals surface area contributed by atoms with E-state index in [1.165, 1.54) is 17.5 Å². The summed E-state index contributed by atoms with van der Waals surface area (Å²) in [6.07, 6.45) is 6.73. The van der Waals surface area contributed by atoms with Gasteiger partial charge in [-0.05, 0) is 61.9 Å². The zero-order valence-electron chi connectivity index (χ0n) is 14.1. The van der Waals surface area contributed by atoms with Crippen LogP contribution in [0.25, 0.3) is 0 Å². The minimum Gasteiger partial charge on any atom is -0.349 e. The minimum atomic E-state index is 0.0835. The monoisotopic (exact) mass is 354 g/mol. The van der Waals surface area contributed by atoms with Gasteiger partial charge in [-0.2, -0.15) is 5.10 Å². The van der Waals surface area contributed by atoms with E-state index < -0.39 is 0 Å². The molecule has 1 heterocycles. The molecule has 1 aromatic carbocycles. The van der Waals surface area contributed by atoms with Crippen molar-refractivity contribution in [3.63, 3.8) is 0 Å². The van der Waals surface area contributed by atoms with E-state index in [4.69, 9.17) is 12.2 Å². The number of carbonyl (C=O) groups is 1. The first-order valence-corrected chi connectivity index (χ1v) is 9.62. The summed E-state index contributed by atoms with van der Waals surface area (Å²) in [6, 6.07) is 9.12. The first kappa shape index (κ1) is 15.3. The predicted molar refractivity (Wildman–Crippen MR) is 96.7 cm³/mol. The molecule has 2 atom stereocenters. The summed E-state index contributed by atoms with van der Waals surface area (Å²) in [5, 5.41) is 10.3. The second-order valence-corrected chi connectivity index (χ2v) is 8.07. The quantitative estimate of drug-likeness (QED) is 0.829. The molecular formula is C19H22N4OS. The largest absolute Gasteiger partial charge is 0.349 e. The van der Waals surface area contributed by atoms with Crippen molar-refractivity contribution in [3.8, 4) is 0 Å². The van der Waals surface area contributed by atoms with Gasteiger partial charge in [0.15, 0.2) is 10.6 Å². The molecule has 25 heavy (non-hydrogen) atoms. The number of aromatic nitrogens is 3. The lowest BCUT2D eigenvalue weighted by molar-refractivity contribution is -0.123. The van der Waals surface area contributed by atoms with Crippen LogP contribution in [-0.4, -0.2) is 20.7 Å². The molecule has 3 aliphatic rings. The molecule has 1 aromatic heterocycles. The molecule has 3 aliphatic carbocycles. The highest BCUT2D eigenvalue weighted by Gasteiger charge is 2.59. The Bertz CT molecular complexity index is 897. The van der Waals surface area contributed by atoms with Crippen LogP contribution in [-0.2, 0) is 23.2 Å². The molecule has 0 saturated heterocycles. The molecule has 0 aliphatic heterocycles. The SMILES string of the molecule is O=C(NCc1n[nH]c(=S)n1C1CC1)[C@H]1C[C@]12CCCc1ccccc12. The average molecular weight is 354 g/mol. The van der Waals surface area contributed by atoms with E-state index in [1.807, 2.05) is 0 Å². The average Bonchev–Trinajstić information content (AvgIpc) is 3.54. The van der Waals surface area contributed by atoms with Crippen molar-refractivity contribution in [2.75, 3.05) is 0 Å². The second-order valence-electron chi connectivity index (χ2n) is 7.69. The molecule has 0 radical (unpaired) electrons. The van der Waals surface area contributed by atoms with Crippen molar-refractivity contribution in [1.82, 2.24) is 20.1 Å². The number of aromatic amines is 1. The highest BCUT2D eigenvalue weighted by molar-refractivity contribution is 7.71. The lowest BCUT2D eigenvalue weighted by Gasteiger charge is -2.26. The molecule has 2 saturated carbocycles. The number of hydrogen-bond donors (Lipinski definition) is 2. The molecule has 1 amide bonds. The fourth-order valence-electron chi connectivity index (χ4n) is 4.64. The van der Waals surface area contributed by atoms with E-state index in [0.29, 0.717) is 17.4 Å². The van der Waals surface area contributed by atoms with Crippen molar-refractivity contribution in [2.45, 2.75) is 56.5 Å². The number of benzene rings is 1. The summed E-state index contributed by atoms with van der Waals surface area (Å²) < 4.78 is 2.73. The van der Waals surface area contributed by atoms with Crippen LogP contribution in [0.5, 0.6) is 0 Å².